The van der Waals surface area contributed by atoms with E-state index in [2.05, 4.69) is 65.5 Å². The SMILES string of the molecule is CCCCOCCOc1ccc(-c2ccc3c(c2)/C=C(/C(=O)Nc2ccc(S(=O)Cc4c(CC)ccnc4C)cc2)CCCN3CC2CCCO2)cc1. The Bertz CT molecular complexity index is 1870. The van der Waals surface area contributed by atoms with Crippen molar-refractivity contribution in [2.75, 3.05) is 49.7 Å². The molecule has 6 rings (SSSR count). The third kappa shape index (κ3) is 10.4. The zero-order valence-corrected chi connectivity index (χ0v) is 32.2. The fourth-order valence-electron chi connectivity index (χ4n) is 6.99. The Kier molecular flexibility index (Phi) is 13.9. The Labute approximate surface area is 317 Å². The van der Waals surface area contributed by atoms with Crippen molar-refractivity contribution in [3.8, 4) is 16.9 Å². The number of nitrogens with one attached hydrogen (secondary N) is 1. The van der Waals surface area contributed by atoms with Crippen LogP contribution in [-0.4, -0.2) is 60.7 Å². The average molecular weight is 736 g/mol. The maximum absolute atomic E-state index is 13.8. The molecule has 1 saturated heterocycles. The first-order valence-electron chi connectivity index (χ1n) is 19.2. The summed E-state index contributed by atoms with van der Waals surface area (Å²) >= 11 is 0. The highest BCUT2D eigenvalue weighted by Gasteiger charge is 2.24. The fourth-order valence-corrected chi connectivity index (χ4v) is 8.25. The molecular weight excluding hydrogens is 683 g/mol. The van der Waals surface area contributed by atoms with Gasteiger partial charge in [0.25, 0.3) is 5.91 Å². The van der Waals surface area contributed by atoms with E-state index in [0.717, 1.165) is 115 Å². The smallest absolute Gasteiger partial charge is 0.251 e. The van der Waals surface area contributed by atoms with E-state index in [-0.39, 0.29) is 12.0 Å². The lowest BCUT2D eigenvalue weighted by Crippen LogP contribution is -2.34. The highest BCUT2D eigenvalue weighted by Crippen LogP contribution is 2.34. The first kappa shape index (κ1) is 38.4. The number of rotatable bonds is 16. The van der Waals surface area contributed by atoms with Crippen molar-refractivity contribution >= 4 is 34.2 Å². The van der Waals surface area contributed by atoms with Gasteiger partial charge in [0.05, 0.1) is 29.3 Å². The van der Waals surface area contributed by atoms with E-state index in [0.29, 0.717) is 31.1 Å². The molecule has 1 amide bonds. The normalized spacial score (nSPS) is 17.3. The van der Waals surface area contributed by atoms with Gasteiger partial charge in [-0.1, -0.05) is 38.5 Å². The highest BCUT2D eigenvalue weighted by molar-refractivity contribution is 7.84. The molecule has 0 bridgehead atoms. The van der Waals surface area contributed by atoms with Crippen LogP contribution in [0.3, 0.4) is 0 Å². The first-order valence-corrected chi connectivity index (χ1v) is 20.5. The number of aryl methyl sites for hydroxylation is 2. The second-order valence-electron chi connectivity index (χ2n) is 13.8. The number of hydrogen-bond acceptors (Lipinski definition) is 7. The number of ether oxygens (including phenoxy) is 3. The topological polar surface area (TPSA) is 90.0 Å². The molecule has 3 heterocycles. The van der Waals surface area contributed by atoms with Crippen LogP contribution < -0.4 is 15.0 Å². The predicted octanol–water partition coefficient (Wildman–Crippen LogP) is 8.92. The second-order valence-corrected chi connectivity index (χ2v) is 15.3. The number of amides is 1. The molecule has 1 N–H and O–H groups in total. The van der Waals surface area contributed by atoms with E-state index in [9.17, 15) is 9.00 Å². The molecule has 0 spiro atoms. The molecular formula is C44H53N3O5S. The molecule has 2 aliphatic heterocycles. The van der Waals surface area contributed by atoms with Gasteiger partial charge in [-0.2, -0.15) is 0 Å². The molecule has 1 aromatic heterocycles. The van der Waals surface area contributed by atoms with Crippen LogP contribution in [0.15, 0.2) is 89.5 Å². The fraction of sp³-hybridized carbons (Fsp3) is 0.409. The van der Waals surface area contributed by atoms with Crippen LogP contribution in [0.2, 0.25) is 0 Å². The van der Waals surface area contributed by atoms with Gasteiger partial charge in [0.2, 0.25) is 0 Å². The van der Waals surface area contributed by atoms with Crippen molar-refractivity contribution in [1.82, 2.24) is 4.98 Å². The molecule has 0 saturated carbocycles. The minimum atomic E-state index is -1.23. The molecule has 2 atom stereocenters. The first-order chi connectivity index (χ1) is 25.9. The molecule has 53 heavy (non-hydrogen) atoms. The third-order valence-electron chi connectivity index (χ3n) is 10.0. The summed E-state index contributed by atoms with van der Waals surface area (Å²) in [6, 6.07) is 24.1. The van der Waals surface area contributed by atoms with Gasteiger partial charge >= 0.3 is 0 Å². The lowest BCUT2D eigenvalue weighted by atomic mass is 9.96. The van der Waals surface area contributed by atoms with E-state index in [1.165, 1.54) is 5.56 Å². The molecule has 2 aliphatic rings. The molecule has 0 radical (unpaired) electrons. The van der Waals surface area contributed by atoms with Crippen LogP contribution in [-0.2, 0) is 37.2 Å². The Hall–Kier alpha value is -4.31. The van der Waals surface area contributed by atoms with Crippen LogP contribution in [0.5, 0.6) is 5.75 Å². The largest absolute Gasteiger partial charge is 0.491 e. The Morgan fingerprint density at radius 2 is 1.79 bits per heavy atom. The van der Waals surface area contributed by atoms with Gasteiger partial charge in [0.1, 0.15) is 12.4 Å². The molecule has 2 unspecified atom stereocenters. The number of fused-ring (bicyclic) bond motifs is 1. The lowest BCUT2D eigenvalue weighted by molar-refractivity contribution is -0.112. The van der Waals surface area contributed by atoms with Crippen LogP contribution >= 0.6 is 0 Å². The predicted molar refractivity (Wildman–Crippen MR) is 215 cm³/mol. The van der Waals surface area contributed by atoms with E-state index in [4.69, 9.17) is 14.2 Å². The number of carbonyl (C=O) groups is 1. The van der Waals surface area contributed by atoms with Crippen molar-refractivity contribution in [1.29, 1.82) is 0 Å². The zero-order valence-electron chi connectivity index (χ0n) is 31.4. The molecule has 280 valence electrons. The summed E-state index contributed by atoms with van der Waals surface area (Å²) in [7, 11) is -1.23. The zero-order chi connectivity index (χ0) is 37.0. The highest BCUT2D eigenvalue weighted by atomic mass is 32.2. The van der Waals surface area contributed by atoms with Crippen LogP contribution in [0, 0.1) is 6.92 Å². The summed E-state index contributed by atoms with van der Waals surface area (Å²) in [4.78, 5) is 21.4. The standard InChI is InChI=1S/C44H53N3O5S/c1-4-6-24-50-26-27-52-39-16-11-34(12-17-39)35-13-20-43-37(28-35)29-36(9-7-23-47(43)30-40-10-8-25-51-40)44(48)46-38-14-18-41(19-15-38)53(49)31-42-32(3)45-22-21-33(42)5-2/h11-22,28-29,40H,4-10,23-27,30-31H2,1-3H3,(H,46,48)/b36-29+. The summed E-state index contributed by atoms with van der Waals surface area (Å²) in [5.41, 5.74) is 8.82. The van der Waals surface area contributed by atoms with E-state index in [1.54, 1.807) is 0 Å². The molecule has 8 nitrogen and oxygen atoms in total. The van der Waals surface area contributed by atoms with Gasteiger partial charge in [-0.15, -0.1) is 0 Å². The van der Waals surface area contributed by atoms with Gasteiger partial charge in [0.15, 0.2) is 0 Å². The van der Waals surface area contributed by atoms with Gasteiger partial charge in [-0.3, -0.25) is 14.0 Å². The minimum Gasteiger partial charge on any atom is -0.491 e. The Balaban J connectivity index is 1.18. The van der Waals surface area contributed by atoms with Crippen LogP contribution in [0.1, 0.15) is 74.8 Å². The Morgan fingerprint density at radius 3 is 2.55 bits per heavy atom. The van der Waals surface area contributed by atoms with E-state index in [1.807, 2.05) is 55.6 Å². The van der Waals surface area contributed by atoms with Gasteiger partial charge in [-0.25, -0.2) is 0 Å². The number of carbonyl (C=O) groups excluding carboxylic acids is 1. The number of benzene rings is 3. The van der Waals surface area contributed by atoms with Crippen LogP contribution in [0.4, 0.5) is 11.4 Å². The van der Waals surface area contributed by atoms with Gasteiger partial charge in [0, 0.05) is 60.0 Å². The number of unbranched alkanes of at least 4 members (excludes halogenated alkanes) is 1. The second kappa shape index (κ2) is 19.1. The minimum absolute atomic E-state index is 0.124. The number of aromatic nitrogens is 1. The summed E-state index contributed by atoms with van der Waals surface area (Å²) < 4.78 is 30.9. The summed E-state index contributed by atoms with van der Waals surface area (Å²) in [5, 5.41) is 3.11. The molecule has 9 heteroatoms. The lowest BCUT2D eigenvalue weighted by Gasteiger charge is -2.31. The van der Waals surface area contributed by atoms with E-state index < -0.39 is 10.8 Å². The van der Waals surface area contributed by atoms with Crippen molar-refractivity contribution in [2.24, 2.45) is 0 Å². The van der Waals surface area contributed by atoms with Crippen molar-refractivity contribution < 1.29 is 23.2 Å². The quantitative estimate of drug-likeness (QED) is 0.115. The maximum Gasteiger partial charge on any atom is 0.251 e. The average Bonchev–Trinajstić information content (AvgIpc) is 3.69. The monoisotopic (exact) mass is 735 g/mol. The molecule has 3 aromatic carbocycles. The summed E-state index contributed by atoms with van der Waals surface area (Å²) in [6.07, 6.45) is 10.8. The number of hydrogen-bond donors (Lipinski definition) is 1. The molecule has 1 fully saturated rings. The van der Waals surface area contributed by atoms with E-state index >= 15 is 0 Å². The van der Waals surface area contributed by atoms with Crippen molar-refractivity contribution in [2.45, 2.75) is 82.5 Å². The number of anilines is 2. The van der Waals surface area contributed by atoms with Crippen molar-refractivity contribution in [3.63, 3.8) is 0 Å². The molecule has 4 aromatic rings. The third-order valence-corrected chi connectivity index (χ3v) is 11.4. The Morgan fingerprint density at radius 1 is 0.981 bits per heavy atom. The summed E-state index contributed by atoms with van der Waals surface area (Å²) in [5.74, 6) is 1.11. The number of nitrogens with zero attached hydrogens (tertiary/aromatic N) is 2. The number of pyridine rings is 1. The van der Waals surface area contributed by atoms with Gasteiger partial charge < -0.3 is 24.4 Å². The maximum atomic E-state index is 13.8. The molecule has 0 aliphatic carbocycles. The summed E-state index contributed by atoms with van der Waals surface area (Å²) in [6.45, 7) is 10.6. The van der Waals surface area contributed by atoms with Gasteiger partial charge in [-0.05, 0) is 134 Å². The van der Waals surface area contributed by atoms with Crippen LogP contribution in [0.25, 0.3) is 17.2 Å². The van der Waals surface area contributed by atoms with Crippen molar-refractivity contribution in [3.05, 3.63) is 107 Å².